The molecule has 8 heteroatoms. The molecule has 0 aliphatic carbocycles. The van der Waals surface area contributed by atoms with Crippen molar-refractivity contribution in [1.29, 1.82) is 0 Å². The molecule has 2 amide bonds. The Labute approximate surface area is 187 Å². The van der Waals surface area contributed by atoms with Crippen LogP contribution in [-0.2, 0) is 22.6 Å². The fourth-order valence-corrected chi connectivity index (χ4v) is 3.15. The Bertz CT molecular complexity index is 1000. The number of amidine groups is 1. The van der Waals surface area contributed by atoms with E-state index in [9.17, 15) is 14.0 Å². The van der Waals surface area contributed by atoms with Gasteiger partial charge < -0.3 is 14.4 Å². The molecule has 2 aromatic carbocycles. The van der Waals surface area contributed by atoms with Gasteiger partial charge >= 0.3 is 12.2 Å². The SMILES string of the molecule is CN(Cc1ccc(C2=NCCN2C(=O)OC(C)(C)C)cc1F)C(=O)OCc1ccccc1. The van der Waals surface area contributed by atoms with Crippen molar-refractivity contribution in [1.82, 2.24) is 9.80 Å². The summed E-state index contributed by atoms with van der Waals surface area (Å²) in [7, 11) is 1.55. The summed E-state index contributed by atoms with van der Waals surface area (Å²) < 4.78 is 25.5. The van der Waals surface area contributed by atoms with Gasteiger partial charge in [-0.2, -0.15) is 0 Å². The van der Waals surface area contributed by atoms with Crippen LogP contribution in [0.25, 0.3) is 0 Å². The molecule has 1 aliphatic heterocycles. The molecular weight excluding hydrogens is 413 g/mol. The van der Waals surface area contributed by atoms with Gasteiger partial charge in [-0.1, -0.05) is 42.5 Å². The molecule has 0 N–H and O–H groups in total. The molecule has 32 heavy (non-hydrogen) atoms. The lowest BCUT2D eigenvalue weighted by atomic mass is 10.1. The number of carbonyl (C=O) groups is 2. The van der Waals surface area contributed by atoms with Crippen molar-refractivity contribution in [2.45, 2.75) is 39.5 Å². The number of hydrogen-bond acceptors (Lipinski definition) is 5. The van der Waals surface area contributed by atoms with Gasteiger partial charge in [0.15, 0.2) is 0 Å². The van der Waals surface area contributed by atoms with Gasteiger partial charge in [0, 0.05) is 18.2 Å². The van der Waals surface area contributed by atoms with Crippen LogP contribution < -0.4 is 0 Å². The number of halogens is 1. The van der Waals surface area contributed by atoms with Gasteiger partial charge in [0.25, 0.3) is 0 Å². The molecule has 1 heterocycles. The summed E-state index contributed by atoms with van der Waals surface area (Å²) in [5, 5.41) is 0. The molecule has 0 spiro atoms. The van der Waals surface area contributed by atoms with E-state index in [-0.39, 0.29) is 13.2 Å². The van der Waals surface area contributed by atoms with E-state index in [0.29, 0.717) is 30.1 Å². The Hall–Kier alpha value is -3.42. The summed E-state index contributed by atoms with van der Waals surface area (Å²) in [5.74, 6) is -0.121. The second kappa shape index (κ2) is 9.80. The van der Waals surface area contributed by atoms with Gasteiger partial charge in [-0.05, 0) is 32.4 Å². The van der Waals surface area contributed by atoms with E-state index >= 15 is 0 Å². The molecule has 170 valence electrons. The quantitative estimate of drug-likeness (QED) is 0.680. The van der Waals surface area contributed by atoms with Crippen molar-refractivity contribution in [2.24, 2.45) is 4.99 Å². The summed E-state index contributed by atoms with van der Waals surface area (Å²) in [6, 6.07) is 13.9. The molecule has 1 aliphatic rings. The van der Waals surface area contributed by atoms with Gasteiger partial charge in [0.05, 0.1) is 19.6 Å². The highest BCUT2D eigenvalue weighted by molar-refractivity contribution is 6.07. The van der Waals surface area contributed by atoms with Crippen LogP contribution in [0.4, 0.5) is 14.0 Å². The summed E-state index contributed by atoms with van der Waals surface area (Å²) in [6.07, 6.45) is -1.06. The van der Waals surface area contributed by atoms with E-state index in [1.807, 2.05) is 30.3 Å². The molecule has 0 saturated carbocycles. The van der Waals surface area contributed by atoms with Gasteiger partial charge in [-0.25, -0.2) is 14.0 Å². The molecule has 0 atom stereocenters. The maximum absolute atomic E-state index is 14.8. The lowest BCUT2D eigenvalue weighted by Crippen LogP contribution is -2.39. The largest absolute Gasteiger partial charge is 0.445 e. The van der Waals surface area contributed by atoms with E-state index in [0.717, 1.165) is 5.56 Å². The van der Waals surface area contributed by atoms with Crippen molar-refractivity contribution in [3.05, 3.63) is 71.0 Å². The highest BCUT2D eigenvalue weighted by atomic mass is 19.1. The Morgan fingerprint density at radius 1 is 1.16 bits per heavy atom. The minimum Gasteiger partial charge on any atom is -0.445 e. The highest BCUT2D eigenvalue weighted by Gasteiger charge is 2.29. The molecule has 0 aromatic heterocycles. The third kappa shape index (κ3) is 6.06. The van der Waals surface area contributed by atoms with E-state index < -0.39 is 23.6 Å². The summed E-state index contributed by atoms with van der Waals surface area (Å²) in [4.78, 5) is 31.8. The molecule has 0 fully saturated rings. The summed E-state index contributed by atoms with van der Waals surface area (Å²) >= 11 is 0. The van der Waals surface area contributed by atoms with Gasteiger partial charge in [0.1, 0.15) is 23.9 Å². The first-order valence-corrected chi connectivity index (χ1v) is 10.4. The van der Waals surface area contributed by atoms with Crippen molar-refractivity contribution in [3.63, 3.8) is 0 Å². The zero-order valence-corrected chi connectivity index (χ0v) is 18.8. The minimum absolute atomic E-state index is 0.0436. The van der Waals surface area contributed by atoms with Crippen molar-refractivity contribution in [2.75, 3.05) is 20.1 Å². The summed E-state index contributed by atoms with van der Waals surface area (Å²) in [5.41, 5.74) is 1.04. The third-order valence-corrected chi connectivity index (χ3v) is 4.69. The van der Waals surface area contributed by atoms with Crippen LogP contribution in [-0.4, -0.2) is 53.6 Å². The van der Waals surface area contributed by atoms with Gasteiger partial charge in [0.2, 0.25) is 0 Å². The number of rotatable bonds is 5. The normalized spacial score (nSPS) is 13.5. The Morgan fingerprint density at radius 2 is 1.88 bits per heavy atom. The van der Waals surface area contributed by atoms with E-state index in [1.165, 1.54) is 15.9 Å². The lowest BCUT2D eigenvalue weighted by Gasteiger charge is -2.25. The van der Waals surface area contributed by atoms with Crippen LogP contribution in [0.2, 0.25) is 0 Å². The number of ether oxygens (including phenoxy) is 2. The minimum atomic E-state index is -0.639. The smallest absolute Gasteiger partial charge is 0.416 e. The van der Waals surface area contributed by atoms with E-state index in [2.05, 4.69) is 4.99 Å². The van der Waals surface area contributed by atoms with Crippen LogP contribution >= 0.6 is 0 Å². The van der Waals surface area contributed by atoms with Gasteiger partial charge in [-0.3, -0.25) is 9.89 Å². The maximum atomic E-state index is 14.8. The predicted molar refractivity (Wildman–Crippen MR) is 119 cm³/mol. The third-order valence-electron chi connectivity index (χ3n) is 4.69. The number of hydrogen-bond donors (Lipinski definition) is 0. The molecule has 7 nitrogen and oxygen atoms in total. The van der Waals surface area contributed by atoms with Crippen LogP contribution in [0.3, 0.4) is 0 Å². The van der Waals surface area contributed by atoms with Crippen LogP contribution in [0.5, 0.6) is 0 Å². The lowest BCUT2D eigenvalue weighted by molar-refractivity contribution is 0.0384. The second-order valence-corrected chi connectivity index (χ2v) is 8.54. The molecule has 3 rings (SSSR count). The molecule has 0 saturated heterocycles. The molecule has 2 aromatic rings. The standard InChI is InChI=1S/C24H28FN3O4/c1-24(2,3)32-23(30)28-13-12-26-21(28)18-10-11-19(20(25)14-18)15-27(4)22(29)31-16-17-8-6-5-7-9-17/h5-11,14H,12-13,15-16H2,1-4H3. The van der Waals surface area contributed by atoms with E-state index in [4.69, 9.17) is 9.47 Å². The average Bonchev–Trinajstić information content (AvgIpc) is 3.23. The number of aliphatic imine (C=N–C) groups is 1. The molecule has 0 unspecified atom stereocenters. The number of carbonyl (C=O) groups excluding carboxylic acids is 2. The Kier molecular flexibility index (Phi) is 7.12. The predicted octanol–water partition coefficient (Wildman–Crippen LogP) is 4.59. The fourth-order valence-electron chi connectivity index (χ4n) is 3.15. The number of amides is 2. The first-order chi connectivity index (χ1) is 15.1. The van der Waals surface area contributed by atoms with E-state index in [1.54, 1.807) is 40.0 Å². The van der Waals surface area contributed by atoms with Crippen LogP contribution in [0.15, 0.2) is 53.5 Å². The molecule has 0 radical (unpaired) electrons. The van der Waals surface area contributed by atoms with Crippen molar-refractivity contribution >= 4 is 18.0 Å². The van der Waals surface area contributed by atoms with Crippen LogP contribution in [0.1, 0.15) is 37.5 Å². The average molecular weight is 442 g/mol. The van der Waals surface area contributed by atoms with Crippen molar-refractivity contribution in [3.8, 4) is 0 Å². The molecule has 0 bridgehead atoms. The second-order valence-electron chi connectivity index (χ2n) is 8.54. The number of benzene rings is 2. The van der Waals surface area contributed by atoms with Crippen LogP contribution in [0, 0.1) is 5.82 Å². The zero-order chi connectivity index (χ0) is 23.3. The van der Waals surface area contributed by atoms with Crippen molar-refractivity contribution < 1.29 is 23.5 Å². The topological polar surface area (TPSA) is 71.4 Å². The number of nitrogens with zero attached hydrogens (tertiary/aromatic N) is 3. The van der Waals surface area contributed by atoms with Gasteiger partial charge in [-0.15, -0.1) is 0 Å². The first kappa shape index (κ1) is 23.2. The first-order valence-electron chi connectivity index (χ1n) is 10.4. The Morgan fingerprint density at radius 3 is 2.53 bits per heavy atom. The maximum Gasteiger partial charge on any atom is 0.416 e. The molecular formula is C24H28FN3O4. The zero-order valence-electron chi connectivity index (χ0n) is 18.8. The monoisotopic (exact) mass is 441 g/mol. The summed E-state index contributed by atoms with van der Waals surface area (Å²) in [6.45, 7) is 6.35. The fraction of sp³-hybridized carbons (Fsp3) is 0.375. The highest BCUT2D eigenvalue weighted by Crippen LogP contribution is 2.19. The Balaban J connectivity index is 1.63.